The van der Waals surface area contributed by atoms with Crippen LogP contribution in [0.25, 0.3) is 0 Å². The van der Waals surface area contributed by atoms with Gasteiger partial charge in [-0.15, -0.1) is 0 Å². The van der Waals surface area contributed by atoms with Crippen molar-refractivity contribution in [1.29, 1.82) is 0 Å². The molecule has 0 aliphatic carbocycles. The quantitative estimate of drug-likeness (QED) is 0.858. The van der Waals surface area contributed by atoms with Gasteiger partial charge in [-0.1, -0.05) is 18.2 Å². The van der Waals surface area contributed by atoms with Crippen molar-refractivity contribution in [3.05, 3.63) is 41.6 Å². The summed E-state index contributed by atoms with van der Waals surface area (Å²) < 4.78 is 31.8. The zero-order valence-electron chi connectivity index (χ0n) is 11.9. The summed E-state index contributed by atoms with van der Waals surface area (Å²) in [6.07, 6.45) is 1.81. The fourth-order valence-corrected chi connectivity index (χ4v) is 4.06. The number of carbonyl (C=O) groups is 1. The minimum Gasteiger partial charge on any atom is -0.462 e. The molecule has 3 rings (SSSR count). The Labute approximate surface area is 128 Å². The highest BCUT2D eigenvalue weighted by Gasteiger charge is 2.35. The topological polar surface area (TPSA) is 92.4 Å². The Hall–Kier alpha value is -2.35. The number of esters is 1. The molecule has 2 heterocycles. The number of benzene rings is 1. The molecule has 0 saturated carbocycles. The van der Waals surface area contributed by atoms with E-state index < -0.39 is 16.0 Å². The highest BCUT2D eigenvalue weighted by Crippen LogP contribution is 2.32. The van der Waals surface area contributed by atoms with Crippen molar-refractivity contribution in [2.24, 2.45) is 0 Å². The van der Waals surface area contributed by atoms with E-state index in [4.69, 9.17) is 4.74 Å². The maximum absolute atomic E-state index is 12.8. The van der Waals surface area contributed by atoms with E-state index >= 15 is 0 Å². The van der Waals surface area contributed by atoms with Crippen molar-refractivity contribution < 1.29 is 17.9 Å². The number of aromatic amines is 1. The van der Waals surface area contributed by atoms with Crippen LogP contribution in [0.1, 0.15) is 22.8 Å². The van der Waals surface area contributed by atoms with Gasteiger partial charge >= 0.3 is 5.97 Å². The zero-order chi connectivity index (χ0) is 15.7. The summed E-state index contributed by atoms with van der Waals surface area (Å²) in [4.78, 5) is 11.9. The number of sulfonamides is 1. The number of anilines is 1. The molecule has 1 aliphatic rings. The van der Waals surface area contributed by atoms with Gasteiger partial charge in [-0.2, -0.15) is 13.5 Å². The van der Waals surface area contributed by atoms with Gasteiger partial charge in [0, 0.05) is 6.54 Å². The van der Waals surface area contributed by atoms with Crippen LogP contribution in [0.15, 0.2) is 35.5 Å². The fourth-order valence-electron chi connectivity index (χ4n) is 2.49. The molecule has 0 amide bonds. The van der Waals surface area contributed by atoms with Crippen molar-refractivity contribution >= 4 is 21.7 Å². The number of rotatable bonds is 4. The largest absolute Gasteiger partial charge is 0.462 e. The van der Waals surface area contributed by atoms with Crippen LogP contribution in [0, 0.1) is 0 Å². The van der Waals surface area contributed by atoms with Gasteiger partial charge in [0.25, 0.3) is 10.0 Å². The maximum atomic E-state index is 12.8. The number of nitrogens with zero attached hydrogens (tertiary/aromatic N) is 2. The summed E-state index contributed by atoms with van der Waals surface area (Å²) in [6.45, 7) is 2.15. The first-order chi connectivity index (χ1) is 10.6. The van der Waals surface area contributed by atoms with Gasteiger partial charge in [-0.3, -0.25) is 9.40 Å². The number of nitrogens with one attached hydrogen (secondary N) is 1. The average molecular weight is 321 g/mol. The third kappa shape index (κ3) is 2.25. The van der Waals surface area contributed by atoms with Crippen molar-refractivity contribution in [1.82, 2.24) is 10.2 Å². The third-order valence-electron chi connectivity index (χ3n) is 3.49. The molecule has 0 saturated heterocycles. The molecule has 2 aromatic rings. The molecule has 0 unspecified atom stereocenters. The van der Waals surface area contributed by atoms with Gasteiger partial charge in [-0.25, -0.2) is 4.79 Å². The second kappa shape index (κ2) is 5.45. The Bertz CT molecular complexity index is 813. The number of ether oxygens (including phenoxy) is 1. The second-order valence-electron chi connectivity index (χ2n) is 4.79. The van der Waals surface area contributed by atoms with Crippen molar-refractivity contribution in [3.63, 3.8) is 0 Å². The molecular weight excluding hydrogens is 306 g/mol. The number of para-hydroxylation sites is 1. The van der Waals surface area contributed by atoms with Crippen LogP contribution in [0.2, 0.25) is 0 Å². The Balaban J connectivity index is 2.02. The summed E-state index contributed by atoms with van der Waals surface area (Å²) in [5.41, 5.74) is 1.52. The van der Waals surface area contributed by atoms with Crippen molar-refractivity contribution in [2.45, 2.75) is 18.4 Å². The Morgan fingerprint density at radius 3 is 2.95 bits per heavy atom. The van der Waals surface area contributed by atoms with E-state index in [-0.39, 0.29) is 17.2 Å². The summed E-state index contributed by atoms with van der Waals surface area (Å²) >= 11 is 0. The third-order valence-corrected chi connectivity index (χ3v) is 5.28. The number of aromatic nitrogens is 2. The molecule has 0 atom stereocenters. The number of hydrogen-bond donors (Lipinski definition) is 1. The van der Waals surface area contributed by atoms with Gasteiger partial charge in [-0.05, 0) is 25.0 Å². The lowest BCUT2D eigenvalue weighted by Gasteiger charge is -2.18. The van der Waals surface area contributed by atoms with Crippen LogP contribution >= 0.6 is 0 Å². The smallest absolute Gasteiger partial charge is 0.342 e. The summed E-state index contributed by atoms with van der Waals surface area (Å²) in [5.74, 6) is -0.706. The van der Waals surface area contributed by atoms with Crippen molar-refractivity contribution in [3.8, 4) is 0 Å². The first-order valence-electron chi connectivity index (χ1n) is 6.87. The van der Waals surface area contributed by atoms with E-state index in [9.17, 15) is 13.2 Å². The molecule has 1 aliphatic heterocycles. The molecule has 1 aromatic heterocycles. The highest BCUT2D eigenvalue weighted by atomic mass is 32.2. The van der Waals surface area contributed by atoms with E-state index in [0.717, 1.165) is 5.56 Å². The minimum atomic E-state index is -3.89. The molecule has 0 spiro atoms. The second-order valence-corrected chi connectivity index (χ2v) is 6.59. The van der Waals surface area contributed by atoms with Gasteiger partial charge < -0.3 is 4.74 Å². The van der Waals surface area contributed by atoms with Crippen LogP contribution in [0.5, 0.6) is 0 Å². The maximum Gasteiger partial charge on any atom is 0.342 e. The van der Waals surface area contributed by atoms with Gasteiger partial charge in [0.15, 0.2) is 5.03 Å². The molecule has 8 heteroatoms. The minimum absolute atomic E-state index is 0.0776. The summed E-state index contributed by atoms with van der Waals surface area (Å²) in [6, 6.07) is 7.30. The van der Waals surface area contributed by atoms with Crippen molar-refractivity contribution in [2.75, 3.05) is 17.5 Å². The van der Waals surface area contributed by atoms with Crippen LogP contribution in [0.4, 0.5) is 5.69 Å². The molecule has 0 bridgehead atoms. The number of H-pyrrole nitrogens is 1. The normalized spacial score (nSPS) is 14.0. The highest BCUT2D eigenvalue weighted by molar-refractivity contribution is 7.92. The average Bonchev–Trinajstić information content (AvgIpc) is 3.15. The SMILES string of the molecule is CCOC(=O)c1cn[nH]c1S(=O)(=O)N1CCc2ccccc21. The standard InChI is InChI=1S/C14H15N3O4S/c1-2-21-14(18)11-9-15-16-13(11)22(19,20)17-8-7-10-5-3-4-6-12(10)17/h3-6,9H,2,7-8H2,1H3,(H,15,16). The predicted octanol–water partition coefficient (Wildman–Crippen LogP) is 1.34. The monoisotopic (exact) mass is 321 g/mol. The number of carbonyl (C=O) groups excluding carboxylic acids is 1. The molecule has 7 nitrogen and oxygen atoms in total. The van der Waals surface area contributed by atoms with E-state index in [2.05, 4.69) is 10.2 Å². The van der Waals surface area contributed by atoms with Crippen LogP contribution in [-0.2, 0) is 21.2 Å². The van der Waals surface area contributed by atoms with E-state index in [1.54, 1.807) is 19.1 Å². The van der Waals surface area contributed by atoms with Crippen LogP contribution in [-0.4, -0.2) is 37.7 Å². The Morgan fingerprint density at radius 2 is 2.18 bits per heavy atom. The fraction of sp³-hybridized carbons (Fsp3) is 0.286. The molecule has 0 radical (unpaired) electrons. The molecule has 1 aromatic carbocycles. The lowest BCUT2D eigenvalue weighted by Crippen LogP contribution is -2.30. The molecule has 22 heavy (non-hydrogen) atoms. The first kappa shape index (κ1) is 14.6. The predicted molar refractivity (Wildman–Crippen MR) is 79.2 cm³/mol. The van der Waals surface area contributed by atoms with Crippen LogP contribution in [0.3, 0.4) is 0 Å². The molecule has 116 valence electrons. The lowest BCUT2D eigenvalue weighted by atomic mass is 10.2. The van der Waals surface area contributed by atoms with Crippen LogP contribution < -0.4 is 4.31 Å². The van der Waals surface area contributed by atoms with Gasteiger partial charge in [0.1, 0.15) is 5.56 Å². The summed E-state index contributed by atoms with van der Waals surface area (Å²) in [7, 11) is -3.89. The van der Waals surface area contributed by atoms with Gasteiger partial charge in [0.2, 0.25) is 0 Å². The Morgan fingerprint density at radius 1 is 1.41 bits per heavy atom. The van der Waals surface area contributed by atoms with E-state index in [1.807, 2.05) is 12.1 Å². The molecular formula is C14H15N3O4S. The number of fused-ring (bicyclic) bond motifs is 1. The molecule has 1 N–H and O–H groups in total. The zero-order valence-corrected chi connectivity index (χ0v) is 12.8. The Kier molecular flexibility index (Phi) is 3.61. The molecule has 0 fully saturated rings. The van der Waals surface area contributed by atoms with E-state index in [0.29, 0.717) is 18.7 Å². The lowest BCUT2D eigenvalue weighted by molar-refractivity contribution is 0.0522. The first-order valence-corrected chi connectivity index (χ1v) is 8.31. The number of hydrogen-bond acceptors (Lipinski definition) is 5. The van der Waals surface area contributed by atoms with Gasteiger partial charge in [0.05, 0.1) is 18.5 Å². The van der Waals surface area contributed by atoms with E-state index in [1.165, 1.54) is 10.5 Å². The summed E-state index contributed by atoms with van der Waals surface area (Å²) in [5, 5.41) is 5.87.